The van der Waals surface area contributed by atoms with Gasteiger partial charge in [0, 0.05) is 36.7 Å². The number of hydrazine groups is 1. The van der Waals surface area contributed by atoms with Crippen LogP contribution in [-0.4, -0.2) is 33.7 Å². The van der Waals surface area contributed by atoms with Gasteiger partial charge in [-0.2, -0.15) is 5.10 Å². The van der Waals surface area contributed by atoms with Gasteiger partial charge >= 0.3 is 6.03 Å². The fraction of sp³-hybridized carbons (Fsp3) is 0.353. The lowest BCUT2D eigenvalue weighted by Crippen LogP contribution is -2.46. The Balaban J connectivity index is 1.37. The maximum Gasteiger partial charge on any atom is 0.333 e. The number of carbonyl (C=O) groups excluding carboxylic acids is 2. The average Bonchev–Trinajstić information content (AvgIpc) is 3.39. The molecule has 8 nitrogen and oxygen atoms in total. The number of hydrogen-bond acceptors (Lipinski definition) is 4. The average molecular weight is 340 g/mol. The number of fused-ring (bicyclic) bond motifs is 1. The van der Waals surface area contributed by atoms with E-state index in [0.717, 1.165) is 29.8 Å². The van der Waals surface area contributed by atoms with Crippen molar-refractivity contribution in [3.63, 3.8) is 0 Å². The molecule has 4 N–H and O–H groups in total. The van der Waals surface area contributed by atoms with Crippen LogP contribution >= 0.6 is 0 Å². The first kappa shape index (κ1) is 15.6. The van der Waals surface area contributed by atoms with Gasteiger partial charge < -0.3 is 10.6 Å². The van der Waals surface area contributed by atoms with Crippen molar-refractivity contribution in [2.45, 2.75) is 25.8 Å². The minimum atomic E-state index is -0.290. The van der Waals surface area contributed by atoms with Crippen LogP contribution in [0.15, 0.2) is 30.3 Å². The lowest BCUT2D eigenvalue weighted by Gasteiger charge is -2.27. The molecule has 2 aromatic rings. The third kappa shape index (κ3) is 3.63. The highest BCUT2D eigenvalue weighted by Crippen LogP contribution is 2.31. The molecule has 0 bridgehead atoms. The third-order valence-electron chi connectivity index (χ3n) is 4.41. The van der Waals surface area contributed by atoms with Gasteiger partial charge in [0.1, 0.15) is 5.82 Å². The molecule has 1 fully saturated rings. The molecule has 1 aliphatic heterocycles. The minimum absolute atomic E-state index is 0.0401. The summed E-state index contributed by atoms with van der Waals surface area (Å²) in [5.41, 5.74) is 5.45. The summed E-state index contributed by atoms with van der Waals surface area (Å²) in [7, 11) is 0. The van der Waals surface area contributed by atoms with E-state index in [1.807, 2.05) is 35.3 Å². The molecule has 1 aliphatic carbocycles. The van der Waals surface area contributed by atoms with Crippen LogP contribution in [0.5, 0.6) is 0 Å². The van der Waals surface area contributed by atoms with E-state index in [0.29, 0.717) is 25.3 Å². The number of nitrogens with one attached hydrogen (secondary N) is 4. The van der Waals surface area contributed by atoms with E-state index in [-0.39, 0.29) is 17.9 Å². The highest BCUT2D eigenvalue weighted by molar-refractivity contribution is 5.94. The molecule has 0 atom stereocenters. The van der Waals surface area contributed by atoms with Crippen LogP contribution in [0, 0.1) is 5.92 Å². The number of H-pyrrole nitrogens is 1. The molecule has 8 heteroatoms. The number of para-hydroxylation sites is 1. The van der Waals surface area contributed by atoms with Crippen molar-refractivity contribution in [1.29, 1.82) is 0 Å². The Morgan fingerprint density at radius 3 is 2.72 bits per heavy atom. The first-order valence-corrected chi connectivity index (χ1v) is 8.43. The number of aromatic nitrogens is 2. The van der Waals surface area contributed by atoms with Gasteiger partial charge in [0.05, 0.1) is 5.69 Å². The molecule has 0 radical (unpaired) electrons. The molecular weight excluding hydrogens is 320 g/mol. The SMILES string of the molecule is O=C(Nc1ccccc1)NN1CCc2n[nH]c(NC(=O)C3CC3)c2C1. The molecule has 4 rings (SSSR count). The fourth-order valence-corrected chi connectivity index (χ4v) is 2.88. The van der Waals surface area contributed by atoms with Gasteiger partial charge in [-0.05, 0) is 25.0 Å². The number of hydrogen-bond donors (Lipinski definition) is 4. The molecule has 2 heterocycles. The van der Waals surface area contributed by atoms with Crippen molar-refractivity contribution in [1.82, 2.24) is 20.6 Å². The lowest BCUT2D eigenvalue weighted by atomic mass is 10.1. The number of benzene rings is 1. The number of anilines is 2. The van der Waals surface area contributed by atoms with Crippen molar-refractivity contribution in [2.75, 3.05) is 17.2 Å². The number of nitrogens with zero attached hydrogens (tertiary/aromatic N) is 2. The lowest BCUT2D eigenvalue weighted by molar-refractivity contribution is -0.117. The van der Waals surface area contributed by atoms with Gasteiger partial charge in [0.15, 0.2) is 0 Å². The van der Waals surface area contributed by atoms with Crippen LogP contribution in [0.4, 0.5) is 16.3 Å². The van der Waals surface area contributed by atoms with E-state index >= 15 is 0 Å². The summed E-state index contributed by atoms with van der Waals surface area (Å²) in [4.78, 5) is 24.1. The molecule has 1 saturated carbocycles. The van der Waals surface area contributed by atoms with Gasteiger partial charge in [0.25, 0.3) is 0 Å². The Kier molecular flexibility index (Phi) is 4.10. The fourth-order valence-electron chi connectivity index (χ4n) is 2.88. The molecule has 0 unspecified atom stereocenters. The summed E-state index contributed by atoms with van der Waals surface area (Å²) in [6, 6.07) is 8.99. The second-order valence-electron chi connectivity index (χ2n) is 6.39. The molecule has 1 aromatic carbocycles. The van der Waals surface area contributed by atoms with Gasteiger partial charge in [-0.1, -0.05) is 18.2 Å². The second kappa shape index (κ2) is 6.56. The number of amides is 3. The summed E-state index contributed by atoms with van der Waals surface area (Å²) in [5.74, 6) is 0.814. The van der Waals surface area contributed by atoms with Crippen molar-refractivity contribution in [2.24, 2.45) is 5.92 Å². The molecule has 3 amide bonds. The summed E-state index contributed by atoms with van der Waals surface area (Å²) in [6.45, 7) is 1.16. The summed E-state index contributed by atoms with van der Waals surface area (Å²) in [6.07, 6.45) is 2.61. The van der Waals surface area contributed by atoms with Crippen LogP contribution in [0.1, 0.15) is 24.1 Å². The molecule has 2 aliphatic rings. The smallest absolute Gasteiger partial charge is 0.311 e. The maximum absolute atomic E-state index is 12.1. The van der Waals surface area contributed by atoms with Gasteiger partial charge in [0.2, 0.25) is 5.91 Å². The van der Waals surface area contributed by atoms with Crippen LogP contribution in [0.3, 0.4) is 0 Å². The molecule has 0 saturated heterocycles. The van der Waals surface area contributed by atoms with E-state index in [1.54, 1.807) is 0 Å². The largest absolute Gasteiger partial charge is 0.333 e. The zero-order valence-corrected chi connectivity index (χ0v) is 13.7. The number of urea groups is 1. The number of carbonyl (C=O) groups is 2. The monoisotopic (exact) mass is 340 g/mol. The van der Waals surface area contributed by atoms with Crippen LogP contribution in [-0.2, 0) is 17.8 Å². The summed E-state index contributed by atoms with van der Waals surface area (Å²) in [5, 5.41) is 14.7. The topological polar surface area (TPSA) is 102 Å². The Labute approximate surface area is 144 Å². The zero-order valence-electron chi connectivity index (χ0n) is 13.7. The van der Waals surface area contributed by atoms with E-state index in [9.17, 15) is 9.59 Å². The van der Waals surface area contributed by atoms with E-state index in [1.165, 1.54) is 0 Å². The summed E-state index contributed by atoms with van der Waals surface area (Å²) >= 11 is 0. The predicted octanol–water partition coefficient (Wildman–Crippen LogP) is 1.85. The van der Waals surface area contributed by atoms with Gasteiger partial charge in [-0.15, -0.1) is 0 Å². The quantitative estimate of drug-likeness (QED) is 0.682. The highest BCUT2D eigenvalue weighted by atomic mass is 16.2. The van der Waals surface area contributed by atoms with Crippen LogP contribution in [0.2, 0.25) is 0 Å². The molecule has 0 spiro atoms. The number of rotatable bonds is 4. The molecular formula is C17H20N6O2. The van der Waals surface area contributed by atoms with Gasteiger partial charge in [-0.3, -0.25) is 15.3 Å². The Morgan fingerprint density at radius 2 is 1.96 bits per heavy atom. The molecule has 1 aromatic heterocycles. The van der Waals surface area contributed by atoms with Crippen LogP contribution in [0.25, 0.3) is 0 Å². The van der Waals surface area contributed by atoms with Crippen molar-refractivity contribution in [3.8, 4) is 0 Å². The van der Waals surface area contributed by atoms with Crippen molar-refractivity contribution in [3.05, 3.63) is 41.6 Å². The van der Waals surface area contributed by atoms with E-state index in [4.69, 9.17) is 0 Å². The molecule has 25 heavy (non-hydrogen) atoms. The maximum atomic E-state index is 12.1. The standard InChI is InChI=1S/C17H20N6O2/c24-16(11-6-7-11)19-15-13-10-23(9-8-14(13)20-21-15)22-17(25)18-12-4-2-1-3-5-12/h1-5,11H,6-10H2,(H2,18,22,25)(H2,19,20,21,24). The predicted molar refractivity (Wildman–Crippen MR) is 92.7 cm³/mol. The van der Waals surface area contributed by atoms with E-state index < -0.39 is 0 Å². The third-order valence-corrected chi connectivity index (χ3v) is 4.41. The van der Waals surface area contributed by atoms with Crippen molar-refractivity contribution < 1.29 is 9.59 Å². The normalized spacial score (nSPS) is 16.8. The van der Waals surface area contributed by atoms with Gasteiger partial charge in [-0.25, -0.2) is 9.80 Å². The Morgan fingerprint density at radius 1 is 1.16 bits per heavy atom. The minimum Gasteiger partial charge on any atom is -0.311 e. The first-order chi connectivity index (χ1) is 12.2. The number of aromatic amines is 1. The highest BCUT2D eigenvalue weighted by Gasteiger charge is 2.31. The van der Waals surface area contributed by atoms with Crippen LogP contribution < -0.4 is 16.1 Å². The first-order valence-electron chi connectivity index (χ1n) is 8.43. The molecule has 130 valence electrons. The Bertz CT molecular complexity index is 784. The summed E-state index contributed by atoms with van der Waals surface area (Å²) < 4.78 is 0. The van der Waals surface area contributed by atoms with E-state index in [2.05, 4.69) is 26.3 Å². The second-order valence-corrected chi connectivity index (χ2v) is 6.39. The zero-order chi connectivity index (χ0) is 17.2. The Hall–Kier alpha value is -2.87. The van der Waals surface area contributed by atoms with Crippen molar-refractivity contribution >= 4 is 23.4 Å².